The Morgan fingerprint density at radius 2 is 1.86 bits per heavy atom. The molecule has 148 valence electrons. The Kier molecular flexibility index (Phi) is 5.13. The van der Waals surface area contributed by atoms with Crippen LogP contribution in [0.4, 0.5) is 17.5 Å². The molecule has 1 N–H and O–H groups in total. The first kappa shape index (κ1) is 18.1. The van der Waals surface area contributed by atoms with Crippen LogP contribution < -0.4 is 10.2 Å². The smallest absolute Gasteiger partial charge is 0.225 e. The van der Waals surface area contributed by atoms with Gasteiger partial charge in [0.25, 0.3) is 0 Å². The fourth-order valence-electron chi connectivity index (χ4n) is 4.19. The molecule has 5 nitrogen and oxygen atoms in total. The summed E-state index contributed by atoms with van der Waals surface area (Å²) < 4.78 is 5.75. The lowest BCUT2D eigenvalue weighted by Gasteiger charge is -2.30. The highest BCUT2D eigenvalue weighted by Crippen LogP contribution is 2.34. The van der Waals surface area contributed by atoms with Crippen LogP contribution in [-0.2, 0) is 11.2 Å². The van der Waals surface area contributed by atoms with E-state index in [1.54, 1.807) is 0 Å². The third-order valence-corrected chi connectivity index (χ3v) is 5.68. The summed E-state index contributed by atoms with van der Waals surface area (Å²) in [5.41, 5.74) is 4.67. The van der Waals surface area contributed by atoms with Crippen LogP contribution in [0, 0.1) is 0 Å². The molecule has 0 radical (unpaired) electrons. The van der Waals surface area contributed by atoms with E-state index >= 15 is 0 Å². The lowest BCUT2D eigenvalue weighted by molar-refractivity contribution is 0.120. The maximum Gasteiger partial charge on any atom is 0.225 e. The van der Waals surface area contributed by atoms with Crippen molar-refractivity contribution in [3.8, 4) is 11.3 Å². The molecule has 1 atom stereocenters. The topological polar surface area (TPSA) is 50.3 Å². The van der Waals surface area contributed by atoms with Crippen molar-refractivity contribution in [2.45, 2.75) is 31.8 Å². The maximum atomic E-state index is 5.75. The molecule has 3 aromatic rings. The summed E-state index contributed by atoms with van der Waals surface area (Å²) in [4.78, 5) is 12.0. The van der Waals surface area contributed by atoms with Gasteiger partial charge in [-0.05, 0) is 37.3 Å². The van der Waals surface area contributed by atoms with Crippen LogP contribution in [0.5, 0.6) is 0 Å². The van der Waals surface area contributed by atoms with Gasteiger partial charge in [0.05, 0.1) is 11.8 Å². The standard InChI is InChI=1S/C24H26N4O/c1-2-8-18(9-3-1)21-16-23(27-24(26-21)25-17-20-12-7-15-29-20)28-14-6-11-19-10-4-5-13-22(19)28/h1-5,8-10,13,16,20H,6-7,11-12,14-15,17H2,(H,25,26,27). The van der Waals surface area contributed by atoms with E-state index in [0.717, 1.165) is 62.5 Å². The van der Waals surface area contributed by atoms with E-state index in [-0.39, 0.29) is 6.10 Å². The van der Waals surface area contributed by atoms with Gasteiger partial charge in [-0.25, -0.2) is 4.98 Å². The van der Waals surface area contributed by atoms with Crippen molar-refractivity contribution < 1.29 is 4.74 Å². The summed E-state index contributed by atoms with van der Waals surface area (Å²) >= 11 is 0. The van der Waals surface area contributed by atoms with Gasteiger partial charge in [0, 0.05) is 37.0 Å². The molecule has 1 fully saturated rings. The molecule has 0 aliphatic carbocycles. The van der Waals surface area contributed by atoms with Gasteiger partial charge in [0.15, 0.2) is 0 Å². The number of aryl methyl sites for hydroxylation is 1. The van der Waals surface area contributed by atoms with Crippen molar-refractivity contribution in [2.75, 3.05) is 29.9 Å². The first-order valence-corrected chi connectivity index (χ1v) is 10.5. The number of hydrogen-bond donors (Lipinski definition) is 1. The number of hydrogen-bond acceptors (Lipinski definition) is 5. The van der Waals surface area contributed by atoms with Crippen LogP contribution in [0.15, 0.2) is 60.7 Å². The molecule has 29 heavy (non-hydrogen) atoms. The van der Waals surface area contributed by atoms with Crippen LogP contribution in [0.2, 0.25) is 0 Å². The van der Waals surface area contributed by atoms with Crippen LogP contribution >= 0.6 is 0 Å². The van der Waals surface area contributed by atoms with Crippen molar-refractivity contribution in [1.82, 2.24) is 9.97 Å². The van der Waals surface area contributed by atoms with Crippen molar-refractivity contribution in [3.05, 3.63) is 66.2 Å². The normalized spacial score (nSPS) is 18.5. The highest BCUT2D eigenvalue weighted by Gasteiger charge is 2.21. The summed E-state index contributed by atoms with van der Waals surface area (Å²) in [7, 11) is 0. The molecular weight excluding hydrogens is 360 g/mol. The Morgan fingerprint density at radius 1 is 1.00 bits per heavy atom. The van der Waals surface area contributed by atoms with Gasteiger partial charge in [0.1, 0.15) is 5.82 Å². The number of fused-ring (bicyclic) bond motifs is 1. The predicted octanol–water partition coefficient (Wildman–Crippen LogP) is 4.82. The van der Waals surface area contributed by atoms with E-state index in [9.17, 15) is 0 Å². The number of benzene rings is 2. The van der Waals surface area contributed by atoms with Gasteiger partial charge in [0.2, 0.25) is 5.95 Å². The largest absolute Gasteiger partial charge is 0.376 e. The molecule has 1 aromatic heterocycles. The minimum absolute atomic E-state index is 0.248. The summed E-state index contributed by atoms with van der Waals surface area (Å²) in [5, 5.41) is 3.43. The average Bonchev–Trinajstić information content (AvgIpc) is 3.31. The number of nitrogens with one attached hydrogen (secondary N) is 1. The van der Waals surface area contributed by atoms with Gasteiger partial charge < -0.3 is 15.0 Å². The van der Waals surface area contributed by atoms with Crippen molar-refractivity contribution in [3.63, 3.8) is 0 Å². The number of rotatable bonds is 5. The second-order valence-electron chi connectivity index (χ2n) is 7.70. The minimum atomic E-state index is 0.248. The summed E-state index contributed by atoms with van der Waals surface area (Å²) in [5.74, 6) is 1.61. The molecule has 0 amide bonds. The molecule has 2 aliphatic heterocycles. The van der Waals surface area contributed by atoms with Gasteiger partial charge >= 0.3 is 0 Å². The van der Waals surface area contributed by atoms with Crippen LogP contribution in [0.1, 0.15) is 24.8 Å². The monoisotopic (exact) mass is 386 g/mol. The minimum Gasteiger partial charge on any atom is -0.376 e. The molecule has 0 spiro atoms. The van der Waals surface area contributed by atoms with E-state index < -0.39 is 0 Å². The van der Waals surface area contributed by atoms with Gasteiger partial charge in [-0.2, -0.15) is 4.98 Å². The summed E-state index contributed by atoms with van der Waals surface area (Å²) in [6.45, 7) is 2.56. The highest BCUT2D eigenvalue weighted by atomic mass is 16.5. The zero-order chi connectivity index (χ0) is 19.5. The van der Waals surface area contributed by atoms with E-state index in [2.05, 4.69) is 52.7 Å². The quantitative estimate of drug-likeness (QED) is 0.681. The average molecular weight is 386 g/mol. The van der Waals surface area contributed by atoms with Crippen molar-refractivity contribution in [2.24, 2.45) is 0 Å². The summed E-state index contributed by atoms with van der Waals surface area (Å²) in [6.07, 6.45) is 4.72. The summed E-state index contributed by atoms with van der Waals surface area (Å²) in [6, 6.07) is 21.1. The number of para-hydroxylation sites is 1. The van der Waals surface area contributed by atoms with E-state index in [4.69, 9.17) is 14.7 Å². The van der Waals surface area contributed by atoms with Gasteiger partial charge in [-0.3, -0.25) is 0 Å². The molecule has 2 aromatic carbocycles. The van der Waals surface area contributed by atoms with Crippen LogP contribution in [-0.4, -0.2) is 35.8 Å². The Bertz CT molecular complexity index is 970. The van der Waals surface area contributed by atoms with E-state index in [0.29, 0.717) is 5.95 Å². The Balaban J connectivity index is 1.51. The van der Waals surface area contributed by atoms with Gasteiger partial charge in [-0.1, -0.05) is 48.5 Å². The lowest BCUT2D eigenvalue weighted by Crippen LogP contribution is -2.26. The third kappa shape index (κ3) is 3.96. The molecule has 0 saturated carbocycles. The molecule has 1 unspecified atom stereocenters. The Hall–Kier alpha value is -2.92. The van der Waals surface area contributed by atoms with Crippen LogP contribution in [0.3, 0.4) is 0 Å². The molecule has 0 bridgehead atoms. The second kappa shape index (κ2) is 8.21. The Morgan fingerprint density at radius 3 is 2.72 bits per heavy atom. The molecule has 2 aliphatic rings. The number of aromatic nitrogens is 2. The number of anilines is 3. The molecular formula is C24H26N4O. The zero-order valence-corrected chi connectivity index (χ0v) is 16.6. The highest BCUT2D eigenvalue weighted by molar-refractivity contribution is 5.71. The third-order valence-electron chi connectivity index (χ3n) is 5.68. The van der Waals surface area contributed by atoms with Gasteiger partial charge in [-0.15, -0.1) is 0 Å². The van der Waals surface area contributed by atoms with E-state index in [1.165, 1.54) is 11.3 Å². The fraction of sp³-hybridized carbons (Fsp3) is 0.333. The lowest BCUT2D eigenvalue weighted by atomic mass is 10.0. The predicted molar refractivity (Wildman–Crippen MR) is 117 cm³/mol. The molecule has 1 saturated heterocycles. The second-order valence-corrected chi connectivity index (χ2v) is 7.70. The first-order valence-electron chi connectivity index (χ1n) is 10.5. The van der Waals surface area contributed by atoms with Crippen molar-refractivity contribution >= 4 is 17.5 Å². The van der Waals surface area contributed by atoms with Crippen LogP contribution in [0.25, 0.3) is 11.3 Å². The number of ether oxygens (including phenoxy) is 1. The first-order chi connectivity index (χ1) is 14.4. The van der Waals surface area contributed by atoms with E-state index in [1.807, 2.05) is 18.2 Å². The molecule has 5 heteroatoms. The Labute approximate surface area is 171 Å². The fourth-order valence-corrected chi connectivity index (χ4v) is 4.19. The maximum absolute atomic E-state index is 5.75. The molecule has 3 heterocycles. The molecule has 5 rings (SSSR count). The number of nitrogens with zero attached hydrogens (tertiary/aromatic N) is 3. The zero-order valence-electron chi connectivity index (χ0n) is 16.6. The van der Waals surface area contributed by atoms with Crippen molar-refractivity contribution in [1.29, 1.82) is 0 Å². The SMILES string of the molecule is c1ccc(-c2cc(N3CCCc4ccccc43)nc(NCC3CCCO3)n2)cc1.